The van der Waals surface area contributed by atoms with Gasteiger partial charge in [-0.2, -0.15) is 4.31 Å². The molecule has 0 radical (unpaired) electrons. The van der Waals surface area contributed by atoms with E-state index in [2.05, 4.69) is 5.32 Å². The number of carbonyl (C=O) groups is 1. The fourth-order valence-electron chi connectivity index (χ4n) is 3.03. The molecule has 0 bridgehead atoms. The van der Waals surface area contributed by atoms with E-state index in [-0.39, 0.29) is 15.8 Å². The molecule has 1 aliphatic rings. The molecule has 0 fully saturated rings. The number of ether oxygens (including phenoxy) is 1. The molecule has 0 aliphatic carbocycles. The van der Waals surface area contributed by atoms with Gasteiger partial charge in [-0.3, -0.25) is 4.79 Å². The van der Waals surface area contributed by atoms with Crippen molar-refractivity contribution in [3.8, 4) is 5.75 Å². The van der Waals surface area contributed by atoms with Gasteiger partial charge >= 0.3 is 0 Å². The molecule has 1 amide bonds. The molecule has 144 valence electrons. The summed E-state index contributed by atoms with van der Waals surface area (Å²) in [5.41, 5.74) is 1.33. The Balaban J connectivity index is 1.80. The van der Waals surface area contributed by atoms with E-state index in [1.54, 1.807) is 19.9 Å². The normalized spacial score (nSPS) is 16.1. The third-order valence-electron chi connectivity index (χ3n) is 4.46. The van der Waals surface area contributed by atoms with Crippen molar-refractivity contribution in [1.82, 2.24) is 4.31 Å². The topological polar surface area (TPSA) is 75.7 Å². The SMILES string of the molecule is CCN(CC)S(=O)(=O)c1cc(NC(=O)[C@@H]2Cc3ccccc3O2)ccc1Cl. The second-order valence-electron chi connectivity index (χ2n) is 6.14. The molecule has 2 aromatic carbocycles. The van der Waals surface area contributed by atoms with E-state index in [1.807, 2.05) is 24.3 Å². The summed E-state index contributed by atoms with van der Waals surface area (Å²) >= 11 is 6.12. The van der Waals surface area contributed by atoms with Crippen molar-refractivity contribution in [2.75, 3.05) is 18.4 Å². The van der Waals surface area contributed by atoms with Crippen molar-refractivity contribution in [3.63, 3.8) is 0 Å². The Bertz CT molecular complexity index is 933. The van der Waals surface area contributed by atoms with Crippen LogP contribution >= 0.6 is 11.6 Å². The van der Waals surface area contributed by atoms with E-state index in [4.69, 9.17) is 16.3 Å². The number of amides is 1. The number of carbonyl (C=O) groups excluding carboxylic acids is 1. The molecule has 1 aliphatic heterocycles. The molecule has 0 saturated carbocycles. The Morgan fingerprint density at radius 2 is 1.93 bits per heavy atom. The van der Waals surface area contributed by atoms with Crippen LogP contribution in [0.2, 0.25) is 5.02 Å². The predicted octanol–water partition coefficient (Wildman–Crippen LogP) is 3.31. The van der Waals surface area contributed by atoms with Crippen LogP contribution in [0.1, 0.15) is 19.4 Å². The van der Waals surface area contributed by atoms with Crippen LogP contribution in [0.3, 0.4) is 0 Å². The molecule has 0 saturated heterocycles. The lowest BCUT2D eigenvalue weighted by atomic mass is 10.1. The number of hydrogen-bond acceptors (Lipinski definition) is 4. The first-order valence-corrected chi connectivity index (χ1v) is 10.5. The van der Waals surface area contributed by atoms with E-state index in [0.717, 1.165) is 5.56 Å². The van der Waals surface area contributed by atoms with Gasteiger partial charge in [-0.15, -0.1) is 0 Å². The summed E-state index contributed by atoms with van der Waals surface area (Å²) in [5, 5.41) is 2.84. The van der Waals surface area contributed by atoms with E-state index in [1.165, 1.54) is 16.4 Å². The van der Waals surface area contributed by atoms with Gasteiger partial charge in [-0.1, -0.05) is 43.6 Å². The molecule has 0 spiro atoms. The van der Waals surface area contributed by atoms with Crippen LogP contribution in [0.4, 0.5) is 5.69 Å². The number of nitrogens with zero attached hydrogens (tertiary/aromatic N) is 1. The van der Waals surface area contributed by atoms with E-state index < -0.39 is 16.1 Å². The molecule has 0 aromatic heterocycles. The van der Waals surface area contributed by atoms with Crippen LogP contribution in [0, 0.1) is 0 Å². The number of anilines is 1. The molecule has 27 heavy (non-hydrogen) atoms. The standard InChI is InChI=1S/C19H21ClN2O4S/c1-3-22(4-2)27(24,25)18-12-14(9-10-15(18)20)21-19(23)17-11-13-7-5-6-8-16(13)26-17/h5-10,12,17H,3-4,11H2,1-2H3,(H,21,23)/t17-/m0/s1. The number of fused-ring (bicyclic) bond motifs is 1. The quantitative estimate of drug-likeness (QED) is 0.795. The summed E-state index contributed by atoms with van der Waals surface area (Å²) < 4.78 is 32.5. The molecule has 1 N–H and O–H groups in total. The maximum atomic E-state index is 12.8. The van der Waals surface area contributed by atoms with Gasteiger partial charge in [0.2, 0.25) is 10.0 Å². The zero-order chi connectivity index (χ0) is 19.6. The first-order valence-electron chi connectivity index (χ1n) is 8.72. The number of nitrogens with one attached hydrogen (secondary N) is 1. The summed E-state index contributed by atoms with van der Waals surface area (Å²) in [4.78, 5) is 12.5. The van der Waals surface area contributed by atoms with Crippen molar-refractivity contribution in [1.29, 1.82) is 0 Å². The second-order valence-corrected chi connectivity index (χ2v) is 8.46. The smallest absolute Gasteiger partial charge is 0.265 e. The fraction of sp³-hybridized carbons (Fsp3) is 0.316. The first-order chi connectivity index (χ1) is 12.9. The summed E-state index contributed by atoms with van der Waals surface area (Å²) in [6, 6.07) is 11.9. The van der Waals surface area contributed by atoms with Gasteiger partial charge in [0.05, 0.1) is 5.02 Å². The number of hydrogen-bond donors (Lipinski definition) is 1. The number of sulfonamides is 1. The Hall–Kier alpha value is -2.09. The second kappa shape index (κ2) is 7.88. The maximum Gasteiger partial charge on any atom is 0.265 e. The molecule has 6 nitrogen and oxygen atoms in total. The minimum Gasteiger partial charge on any atom is -0.480 e. The van der Waals surface area contributed by atoms with Crippen LogP contribution in [0.15, 0.2) is 47.4 Å². The number of rotatable bonds is 6. The highest BCUT2D eigenvalue weighted by atomic mass is 35.5. The molecular formula is C19H21ClN2O4S. The zero-order valence-electron chi connectivity index (χ0n) is 15.1. The third kappa shape index (κ3) is 3.95. The minimum absolute atomic E-state index is 0.0266. The Labute approximate surface area is 164 Å². The molecular weight excluding hydrogens is 388 g/mol. The van der Waals surface area contributed by atoms with E-state index >= 15 is 0 Å². The highest BCUT2D eigenvalue weighted by Gasteiger charge is 2.30. The monoisotopic (exact) mass is 408 g/mol. The van der Waals surface area contributed by atoms with Crippen LogP contribution in [0.5, 0.6) is 5.75 Å². The molecule has 2 aromatic rings. The molecule has 8 heteroatoms. The van der Waals surface area contributed by atoms with Crippen LogP contribution in [-0.2, 0) is 21.2 Å². The Morgan fingerprint density at radius 3 is 2.59 bits per heavy atom. The average Bonchev–Trinajstić information content (AvgIpc) is 3.08. The zero-order valence-corrected chi connectivity index (χ0v) is 16.7. The van der Waals surface area contributed by atoms with Gasteiger partial charge < -0.3 is 10.1 Å². The first kappa shape index (κ1) is 19.7. The molecule has 3 rings (SSSR count). The highest BCUT2D eigenvalue weighted by Crippen LogP contribution is 2.30. The molecule has 1 heterocycles. The van der Waals surface area contributed by atoms with Gasteiger partial charge in [0.15, 0.2) is 6.10 Å². The largest absolute Gasteiger partial charge is 0.480 e. The number of para-hydroxylation sites is 1. The minimum atomic E-state index is -3.73. The van der Waals surface area contributed by atoms with E-state index in [9.17, 15) is 13.2 Å². The van der Waals surface area contributed by atoms with Gasteiger partial charge in [-0.05, 0) is 29.8 Å². The van der Waals surface area contributed by atoms with Crippen LogP contribution < -0.4 is 10.1 Å². The van der Waals surface area contributed by atoms with Crippen molar-refractivity contribution in [2.45, 2.75) is 31.3 Å². The number of benzene rings is 2. The van der Waals surface area contributed by atoms with Gasteiger partial charge in [-0.25, -0.2) is 8.42 Å². The van der Waals surface area contributed by atoms with Crippen molar-refractivity contribution in [3.05, 3.63) is 53.1 Å². The van der Waals surface area contributed by atoms with E-state index in [0.29, 0.717) is 30.9 Å². The summed E-state index contributed by atoms with van der Waals surface area (Å²) in [6.45, 7) is 4.19. The lowest BCUT2D eigenvalue weighted by molar-refractivity contribution is -0.122. The number of halogens is 1. The molecule has 0 unspecified atom stereocenters. The summed E-state index contributed by atoms with van der Waals surface area (Å²) in [6.07, 6.45) is -0.180. The summed E-state index contributed by atoms with van der Waals surface area (Å²) in [5.74, 6) is 0.360. The van der Waals surface area contributed by atoms with Crippen molar-refractivity contribution < 1.29 is 17.9 Å². The lowest BCUT2D eigenvalue weighted by Gasteiger charge is -2.20. The van der Waals surface area contributed by atoms with Gasteiger partial charge in [0, 0.05) is 25.2 Å². The fourth-order valence-corrected chi connectivity index (χ4v) is 4.99. The predicted molar refractivity (Wildman–Crippen MR) is 105 cm³/mol. The van der Waals surface area contributed by atoms with Crippen LogP contribution in [-0.4, -0.2) is 37.8 Å². The average molecular weight is 409 g/mol. The van der Waals surface area contributed by atoms with Crippen LogP contribution in [0.25, 0.3) is 0 Å². The highest BCUT2D eigenvalue weighted by molar-refractivity contribution is 7.89. The third-order valence-corrected chi connectivity index (χ3v) is 6.99. The van der Waals surface area contributed by atoms with Gasteiger partial charge in [0.25, 0.3) is 5.91 Å². The molecule has 1 atom stereocenters. The Morgan fingerprint density at radius 1 is 1.22 bits per heavy atom. The van der Waals surface area contributed by atoms with Gasteiger partial charge in [0.1, 0.15) is 10.6 Å². The van der Waals surface area contributed by atoms with Crippen molar-refractivity contribution in [2.24, 2.45) is 0 Å². The Kier molecular flexibility index (Phi) is 5.74. The van der Waals surface area contributed by atoms with Crippen molar-refractivity contribution >= 4 is 33.2 Å². The maximum absolute atomic E-state index is 12.8. The lowest BCUT2D eigenvalue weighted by Crippen LogP contribution is -2.32. The summed E-state index contributed by atoms with van der Waals surface area (Å²) in [7, 11) is -3.73.